The van der Waals surface area contributed by atoms with E-state index in [1.165, 1.54) is 6.07 Å². The van der Waals surface area contributed by atoms with Crippen LogP contribution in [0.4, 0.5) is 16.0 Å². The average Bonchev–Trinajstić information content (AvgIpc) is 2.82. The maximum absolute atomic E-state index is 13.8. The number of imidazole rings is 1. The quantitative estimate of drug-likeness (QED) is 0.899. The molecule has 1 atom stereocenters. The molecule has 0 fully saturated rings. The summed E-state index contributed by atoms with van der Waals surface area (Å²) in [5.41, 5.74) is 1.30. The number of benzene rings is 1. The number of nitrogens with one attached hydrogen (secondary N) is 1. The van der Waals surface area contributed by atoms with Crippen molar-refractivity contribution in [2.75, 3.05) is 19.0 Å². The highest BCUT2D eigenvalue weighted by Gasteiger charge is 2.12. The second kappa shape index (κ2) is 5.84. The van der Waals surface area contributed by atoms with Gasteiger partial charge in [-0.15, -0.1) is 0 Å². The largest absolute Gasteiger partial charge is 0.383 e. The number of ether oxygens (including phenoxy) is 1. The van der Waals surface area contributed by atoms with E-state index in [1.54, 1.807) is 19.4 Å². The number of hydrogen-bond donors (Lipinski definition) is 1. The molecule has 102 valence electrons. The minimum Gasteiger partial charge on any atom is -0.383 e. The molecule has 2 aromatic rings. The van der Waals surface area contributed by atoms with Gasteiger partial charge in [0.05, 0.1) is 18.3 Å². The molecule has 0 radical (unpaired) electrons. The molecule has 0 saturated heterocycles. The SMILES string of the molecule is COCC(C)n1ccnc1Nc1c(C)cccc1F. The molecule has 1 N–H and O–H groups in total. The van der Waals surface area contributed by atoms with Gasteiger partial charge in [-0.05, 0) is 25.5 Å². The molecule has 4 nitrogen and oxygen atoms in total. The molecule has 0 amide bonds. The van der Waals surface area contributed by atoms with Crippen LogP contribution in [0.1, 0.15) is 18.5 Å². The first-order chi connectivity index (χ1) is 9.13. The van der Waals surface area contributed by atoms with Crippen molar-refractivity contribution >= 4 is 11.6 Å². The Kier molecular flexibility index (Phi) is 4.16. The summed E-state index contributed by atoms with van der Waals surface area (Å²) < 4.78 is 20.9. The molecule has 0 aliphatic carbocycles. The van der Waals surface area contributed by atoms with E-state index in [9.17, 15) is 4.39 Å². The van der Waals surface area contributed by atoms with E-state index in [-0.39, 0.29) is 11.9 Å². The van der Waals surface area contributed by atoms with Crippen LogP contribution < -0.4 is 5.32 Å². The molecule has 1 aromatic heterocycles. The summed E-state index contributed by atoms with van der Waals surface area (Å²) in [7, 11) is 1.65. The fourth-order valence-corrected chi connectivity index (χ4v) is 1.99. The monoisotopic (exact) mass is 263 g/mol. The number of hydrogen-bond acceptors (Lipinski definition) is 3. The van der Waals surface area contributed by atoms with Gasteiger partial charge in [0, 0.05) is 19.5 Å². The zero-order valence-electron chi connectivity index (χ0n) is 11.4. The Bertz CT molecular complexity index is 533. The van der Waals surface area contributed by atoms with E-state index in [0.717, 1.165) is 5.56 Å². The molecule has 0 aliphatic heterocycles. The topological polar surface area (TPSA) is 39.1 Å². The van der Waals surface area contributed by atoms with Crippen LogP contribution in [0.15, 0.2) is 30.6 Å². The molecule has 0 bridgehead atoms. The van der Waals surface area contributed by atoms with Crippen LogP contribution in [0.3, 0.4) is 0 Å². The Balaban J connectivity index is 2.27. The number of aromatic nitrogens is 2. The molecule has 1 heterocycles. The lowest BCUT2D eigenvalue weighted by molar-refractivity contribution is 0.163. The van der Waals surface area contributed by atoms with Gasteiger partial charge in [0.2, 0.25) is 5.95 Å². The van der Waals surface area contributed by atoms with E-state index in [4.69, 9.17) is 4.74 Å². The van der Waals surface area contributed by atoms with E-state index >= 15 is 0 Å². The second-order valence-corrected chi connectivity index (χ2v) is 4.52. The highest BCUT2D eigenvalue weighted by Crippen LogP contribution is 2.24. The van der Waals surface area contributed by atoms with Gasteiger partial charge >= 0.3 is 0 Å². The molecule has 0 aliphatic rings. The van der Waals surface area contributed by atoms with Gasteiger partial charge in [-0.2, -0.15) is 0 Å². The van der Waals surface area contributed by atoms with Crippen LogP contribution in [0.25, 0.3) is 0 Å². The van der Waals surface area contributed by atoms with Crippen LogP contribution >= 0.6 is 0 Å². The van der Waals surface area contributed by atoms with Gasteiger partial charge in [-0.1, -0.05) is 12.1 Å². The number of halogens is 1. The maximum Gasteiger partial charge on any atom is 0.207 e. The van der Waals surface area contributed by atoms with Gasteiger partial charge in [0.25, 0.3) is 0 Å². The molecule has 1 unspecified atom stereocenters. The number of para-hydroxylation sites is 1. The third-order valence-corrected chi connectivity index (χ3v) is 3.01. The van der Waals surface area contributed by atoms with Crippen LogP contribution in [0, 0.1) is 12.7 Å². The Morgan fingerprint density at radius 3 is 2.95 bits per heavy atom. The zero-order valence-corrected chi connectivity index (χ0v) is 11.4. The van der Waals surface area contributed by atoms with Crippen molar-refractivity contribution in [1.29, 1.82) is 0 Å². The van der Waals surface area contributed by atoms with Crippen molar-refractivity contribution < 1.29 is 9.13 Å². The summed E-state index contributed by atoms with van der Waals surface area (Å²) in [6.07, 6.45) is 3.53. The van der Waals surface area contributed by atoms with Crippen molar-refractivity contribution in [2.24, 2.45) is 0 Å². The molecule has 0 saturated carbocycles. The van der Waals surface area contributed by atoms with Crippen molar-refractivity contribution in [3.63, 3.8) is 0 Å². The minimum atomic E-state index is -0.283. The minimum absolute atomic E-state index is 0.127. The number of anilines is 2. The van der Waals surface area contributed by atoms with Gasteiger partial charge < -0.3 is 14.6 Å². The molecular weight excluding hydrogens is 245 g/mol. The second-order valence-electron chi connectivity index (χ2n) is 4.52. The van der Waals surface area contributed by atoms with Crippen molar-refractivity contribution in [1.82, 2.24) is 9.55 Å². The summed E-state index contributed by atoms with van der Waals surface area (Å²) in [4.78, 5) is 4.23. The van der Waals surface area contributed by atoms with E-state index < -0.39 is 0 Å². The average molecular weight is 263 g/mol. The van der Waals surface area contributed by atoms with Gasteiger partial charge in [0.1, 0.15) is 5.82 Å². The maximum atomic E-state index is 13.8. The van der Waals surface area contributed by atoms with Crippen molar-refractivity contribution in [3.05, 3.63) is 42.0 Å². The predicted octanol–water partition coefficient (Wildman–Crippen LogP) is 3.28. The molecule has 19 heavy (non-hydrogen) atoms. The highest BCUT2D eigenvalue weighted by atomic mass is 19.1. The van der Waals surface area contributed by atoms with E-state index in [2.05, 4.69) is 10.3 Å². The summed E-state index contributed by atoms with van der Waals surface area (Å²) >= 11 is 0. The Hall–Kier alpha value is -1.88. The highest BCUT2D eigenvalue weighted by molar-refractivity contribution is 5.59. The summed E-state index contributed by atoms with van der Waals surface area (Å²) in [5, 5.41) is 3.05. The smallest absolute Gasteiger partial charge is 0.207 e. The molecule has 5 heteroatoms. The lowest BCUT2D eigenvalue weighted by Crippen LogP contribution is -2.13. The molecule has 0 spiro atoms. The van der Waals surface area contributed by atoms with Gasteiger partial charge in [-0.3, -0.25) is 0 Å². The van der Waals surface area contributed by atoms with E-state index in [0.29, 0.717) is 18.2 Å². The standard InChI is InChI=1S/C14H18FN3O/c1-10-5-4-6-12(15)13(10)17-14-16-7-8-18(14)11(2)9-19-3/h4-8,11H,9H2,1-3H3,(H,16,17). The first-order valence-corrected chi connectivity index (χ1v) is 6.17. The summed E-state index contributed by atoms with van der Waals surface area (Å²) in [6.45, 7) is 4.45. The van der Waals surface area contributed by atoms with Crippen LogP contribution in [-0.2, 0) is 4.74 Å². The molecule has 1 aromatic carbocycles. The third-order valence-electron chi connectivity index (χ3n) is 3.01. The van der Waals surface area contributed by atoms with Gasteiger partial charge in [0.15, 0.2) is 0 Å². The predicted molar refractivity (Wildman–Crippen MR) is 73.2 cm³/mol. The zero-order chi connectivity index (χ0) is 13.8. The summed E-state index contributed by atoms with van der Waals surface area (Å²) in [6, 6.07) is 5.11. The normalized spacial score (nSPS) is 12.4. The fourth-order valence-electron chi connectivity index (χ4n) is 1.99. The molecule has 2 rings (SSSR count). The third kappa shape index (κ3) is 2.93. The first kappa shape index (κ1) is 13.5. The Morgan fingerprint density at radius 2 is 2.26 bits per heavy atom. The summed E-state index contributed by atoms with van der Waals surface area (Å²) in [5.74, 6) is 0.326. The fraction of sp³-hybridized carbons (Fsp3) is 0.357. The first-order valence-electron chi connectivity index (χ1n) is 6.17. The Labute approximate surface area is 112 Å². The number of rotatable bonds is 5. The van der Waals surface area contributed by atoms with E-state index in [1.807, 2.05) is 30.7 Å². The lowest BCUT2D eigenvalue weighted by atomic mass is 10.2. The van der Waals surface area contributed by atoms with Crippen LogP contribution in [-0.4, -0.2) is 23.3 Å². The van der Waals surface area contributed by atoms with Gasteiger partial charge in [-0.25, -0.2) is 9.37 Å². The molecular formula is C14H18FN3O. The van der Waals surface area contributed by atoms with Crippen LogP contribution in [0.5, 0.6) is 0 Å². The van der Waals surface area contributed by atoms with Crippen molar-refractivity contribution in [3.8, 4) is 0 Å². The van der Waals surface area contributed by atoms with Crippen molar-refractivity contribution in [2.45, 2.75) is 19.9 Å². The lowest BCUT2D eigenvalue weighted by Gasteiger charge is -2.17. The Morgan fingerprint density at radius 1 is 1.47 bits per heavy atom. The van der Waals surface area contributed by atoms with Crippen LogP contribution in [0.2, 0.25) is 0 Å². The number of methoxy groups -OCH3 is 1. The number of nitrogens with zero attached hydrogens (tertiary/aromatic N) is 2. The number of aryl methyl sites for hydroxylation is 1.